The minimum atomic E-state index is -0.00700. The van der Waals surface area contributed by atoms with Gasteiger partial charge in [0, 0.05) is 31.7 Å². The lowest BCUT2D eigenvalue weighted by atomic mass is 9.84. The second-order valence-electron chi connectivity index (χ2n) is 7.37. The predicted octanol–water partition coefficient (Wildman–Crippen LogP) is 2.69. The molecule has 0 radical (unpaired) electrons. The number of fused-ring (bicyclic) bond motifs is 1. The van der Waals surface area contributed by atoms with Crippen LogP contribution in [0.5, 0.6) is 5.75 Å². The number of methoxy groups -OCH3 is 1. The van der Waals surface area contributed by atoms with Crippen molar-refractivity contribution in [3.05, 3.63) is 42.0 Å². The van der Waals surface area contributed by atoms with E-state index in [1.807, 2.05) is 12.1 Å². The molecule has 0 aromatic heterocycles. The van der Waals surface area contributed by atoms with Crippen molar-refractivity contribution in [3.8, 4) is 5.75 Å². The average Bonchev–Trinajstić information content (AvgIpc) is 3.18. The van der Waals surface area contributed by atoms with Gasteiger partial charge in [0.15, 0.2) is 5.96 Å². The van der Waals surface area contributed by atoms with Crippen LogP contribution in [-0.2, 0) is 11.3 Å². The van der Waals surface area contributed by atoms with E-state index in [1.165, 1.54) is 5.39 Å². The maximum absolute atomic E-state index is 9.39. The van der Waals surface area contributed by atoms with Gasteiger partial charge in [-0.15, -0.1) is 0 Å². The summed E-state index contributed by atoms with van der Waals surface area (Å²) < 4.78 is 10.9. The van der Waals surface area contributed by atoms with Crippen LogP contribution in [-0.4, -0.2) is 51.1 Å². The van der Waals surface area contributed by atoms with E-state index in [2.05, 4.69) is 41.8 Å². The van der Waals surface area contributed by atoms with Crippen molar-refractivity contribution in [2.75, 3.05) is 40.0 Å². The second-order valence-corrected chi connectivity index (χ2v) is 7.37. The zero-order valence-corrected chi connectivity index (χ0v) is 16.8. The number of rotatable bonds is 8. The smallest absolute Gasteiger partial charge is 0.191 e. The zero-order valence-electron chi connectivity index (χ0n) is 16.8. The van der Waals surface area contributed by atoms with Gasteiger partial charge in [0.1, 0.15) is 5.75 Å². The summed E-state index contributed by atoms with van der Waals surface area (Å²) in [4.78, 5) is 4.74. The van der Waals surface area contributed by atoms with E-state index < -0.39 is 0 Å². The number of hydrogen-bond acceptors (Lipinski definition) is 4. The lowest BCUT2D eigenvalue weighted by Gasteiger charge is -2.27. The van der Waals surface area contributed by atoms with Crippen molar-refractivity contribution < 1.29 is 14.6 Å². The molecule has 1 heterocycles. The number of guanidine groups is 1. The summed E-state index contributed by atoms with van der Waals surface area (Å²) in [5.41, 5.74) is 1.15. The Morgan fingerprint density at radius 1 is 1.21 bits per heavy atom. The molecule has 1 unspecified atom stereocenters. The highest BCUT2D eigenvalue weighted by atomic mass is 16.5. The van der Waals surface area contributed by atoms with Crippen LogP contribution in [0.4, 0.5) is 0 Å². The molecule has 0 bridgehead atoms. The van der Waals surface area contributed by atoms with Crippen LogP contribution in [0.2, 0.25) is 0 Å². The molecule has 0 spiro atoms. The summed E-state index contributed by atoms with van der Waals surface area (Å²) in [6.45, 7) is 5.83. The molecule has 1 aliphatic heterocycles. The van der Waals surface area contributed by atoms with Crippen molar-refractivity contribution in [1.29, 1.82) is 0 Å². The Balaban J connectivity index is 1.67. The van der Waals surface area contributed by atoms with Crippen LogP contribution in [0.3, 0.4) is 0 Å². The minimum Gasteiger partial charge on any atom is -0.497 e. The number of nitrogens with one attached hydrogen (secondary N) is 2. The zero-order chi connectivity index (χ0) is 19.8. The van der Waals surface area contributed by atoms with E-state index in [9.17, 15) is 5.11 Å². The molecule has 3 rings (SSSR count). The van der Waals surface area contributed by atoms with Gasteiger partial charge >= 0.3 is 0 Å². The van der Waals surface area contributed by atoms with E-state index >= 15 is 0 Å². The molecule has 6 nitrogen and oxygen atoms in total. The number of benzene rings is 2. The molecule has 0 amide bonds. The molecular weight excluding hydrogens is 354 g/mol. The van der Waals surface area contributed by atoms with Gasteiger partial charge in [0.25, 0.3) is 0 Å². The van der Waals surface area contributed by atoms with Gasteiger partial charge in [-0.25, -0.2) is 4.99 Å². The predicted molar refractivity (Wildman–Crippen MR) is 113 cm³/mol. The van der Waals surface area contributed by atoms with Gasteiger partial charge in [-0.05, 0) is 54.3 Å². The molecular formula is C22H31N3O3. The van der Waals surface area contributed by atoms with Crippen LogP contribution >= 0.6 is 0 Å². The molecule has 152 valence electrons. The molecule has 1 saturated heterocycles. The molecule has 3 N–H and O–H groups in total. The quantitative estimate of drug-likeness (QED) is 0.481. The van der Waals surface area contributed by atoms with Crippen LogP contribution in [0.15, 0.2) is 41.4 Å². The van der Waals surface area contributed by atoms with Crippen LogP contribution in [0, 0.1) is 5.41 Å². The first-order chi connectivity index (χ1) is 13.7. The Kier molecular flexibility index (Phi) is 7.12. The second kappa shape index (κ2) is 9.75. The van der Waals surface area contributed by atoms with Crippen molar-refractivity contribution in [3.63, 3.8) is 0 Å². The third kappa shape index (κ3) is 5.14. The third-order valence-corrected chi connectivity index (χ3v) is 5.33. The molecule has 28 heavy (non-hydrogen) atoms. The van der Waals surface area contributed by atoms with E-state index in [0.717, 1.165) is 55.2 Å². The number of hydrogen-bond donors (Lipinski definition) is 3. The normalized spacial score (nSPS) is 19.8. The molecule has 2 aromatic rings. The maximum Gasteiger partial charge on any atom is 0.191 e. The first kappa shape index (κ1) is 20.4. The molecule has 1 fully saturated rings. The summed E-state index contributed by atoms with van der Waals surface area (Å²) >= 11 is 0. The van der Waals surface area contributed by atoms with Crippen LogP contribution in [0.25, 0.3) is 10.8 Å². The number of nitrogens with zero attached hydrogens (tertiary/aromatic N) is 1. The lowest BCUT2D eigenvalue weighted by molar-refractivity contribution is 0.127. The Bertz CT molecular complexity index is 801. The molecule has 0 aliphatic carbocycles. The summed E-state index contributed by atoms with van der Waals surface area (Å²) in [5, 5.41) is 18.5. The Morgan fingerprint density at radius 2 is 2.04 bits per heavy atom. The first-order valence-electron chi connectivity index (χ1n) is 9.95. The number of aliphatic hydroxyl groups excluding tert-OH is 1. The average molecular weight is 386 g/mol. The highest BCUT2D eigenvalue weighted by molar-refractivity contribution is 5.84. The summed E-state index contributed by atoms with van der Waals surface area (Å²) in [5.74, 6) is 1.66. The molecule has 1 atom stereocenters. The van der Waals surface area contributed by atoms with E-state index in [1.54, 1.807) is 7.11 Å². The largest absolute Gasteiger partial charge is 0.497 e. The van der Waals surface area contributed by atoms with E-state index in [4.69, 9.17) is 14.5 Å². The Labute approximate surface area is 167 Å². The number of aliphatic hydroxyl groups is 1. The molecule has 6 heteroatoms. The van der Waals surface area contributed by atoms with Gasteiger partial charge in [-0.1, -0.05) is 18.2 Å². The van der Waals surface area contributed by atoms with E-state index in [0.29, 0.717) is 13.2 Å². The van der Waals surface area contributed by atoms with Crippen LogP contribution in [0.1, 0.15) is 25.3 Å². The Morgan fingerprint density at radius 3 is 2.75 bits per heavy atom. The topological polar surface area (TPSA) is 75.1 Å². The van der Waals surface area contributed by atoms with Crippen molar-refractivity contribution in [2.45, 2.75) is 26.3 Å². The maximum atomic E-state index is 9.39. The fourth-order valence-corrected chi connectivity index (χ4v) is 3.59. The number of aliphatic imine (C=N–C) groups is 1. The van der Waals surface area contributed by atoms with Crippen molar-refractivity contribution >= 4 is 16.7 Å². The third-order valence-electron chi connectivity index (χ3n) is 5.33. The van der Waals surface area contributed by atoms with Gasteiger partial charge < -0.3 is 25.2 Å². The van der Waals surface area contributed by atoms with Gasteiger partial charge in [-0.3, -0.25) is 0 Å². The summed E-state index contributed by atoms with van der Waals surface area (Å²) in [6.07, 6.45) is 1.71. The molecule has 2 aromatic carbocycles. The molecule has 0 saturated carbocycles. The van der Waals surface area contributed by atoms with Gasteiger partial charge in [0.05, 0.1) is 20.3 Å². The van der Waals surface area contributed by atoms with Crippen LogP contribution < -0.4 is 15.4 Å². The fraction of sp³-hybridized carbons (Fsp3) is 0.500. The fourth-order valence-electron chi connectivity index (χ4n) is 3.59. The molecule has 1 aliphatic rings. The number of ether oxygens (including phenoxy) is 2. The highest BCUT2D eigenvalue weighted by Crippen LogP contribution is 2.31. The first-order valence-corrected chi connectivity index (χ1v) is 9.95. The standard InChI is InChI=1S/C22H31N3O3/c1-3-23-21(25-15-22(8-10-26)9-11-28-16-22)24-14-17-4-5-19-13-20(27-2)7-6-18(19)12-17/h4-7,12-13,26H,3,8-11,14-16H2,1-2H3,(H2,23,24,25). The lowest BCUT2D eigenvalue weighted by Crippen LogP contribution is -2.44. The van der Waals surface area contributed by atoms with E-state index in [-0.39, 0.29) is 12.0 Å². The summed E-state index contributed by atoms with van der Waals surface area (Å²) in [7, 11) is 1.68. The SMILES string of the molecule is CCNC(=NCc1ccc2cc(OC)ccc2c1)NCC1(CCO)CCOC1. The Hall–Kier alpha value is -2.31. The highest BCUT2D eigenvalue weighted by Gasteiger charge is 2.34. The van der Waals surface area contributed by atoms with Gasteiger partial charge in [-0.2, -0.15) is 0 Å². The summed E-state index contributed by atoms with van der Waals surface area (Å²) in [6, 6.07) is 12.5. The minimum absolute atomic E-state index is 0.00700. The monoisotopic (exact) mass is 385 g/mol. The van der Waals surface area contributed by atoms with Gasteiger partial charge in [0.2, 0.25) is 0 Å². The van der Waals surface area contributed by atoms with Crippen molar-refractivity contribution in [2.24, 2.45) is 10.4 Å². The van der Waals surface area contributed by atoms with Crippen molar-refractivity contribution in [1.82, 2.24) is 10.6 Å².